The second kappa shape index (κ2) is 8.61. The highest BCUT2D eigenvalue weighted by Gasteiger charge is 2.28. The molecule has 1 amide bonds. The molecule has 23 heavy (non-hydrogen) atoms. The van der Waals surface area contributed by atoms with Crippen LogP contribution in [-0.2, 0) is 14.9 Å². The molecular formula is C15H26ClN3O3S. The van der Waals surface area contributed by atoms with Crippen LogP contribution in [0.4, 0.5) is 5.13 Å². The van der Waals surface area contributed by atoms with Gasteiger partial charge < -0.3 is 15.8 Å². The minimum absolute atomic E-state index is 0. The van der Waals surface area contributed by atoms with Crippen LogP contribution in [0, 0.1) is 5.92 Å². The van der Waals surface area contributed by atoms with Gasteiger partial charge in [-0.25, -0.2) is 9.78 Å². The van der Waals surface area contributed by atoms with Gasteiger partial charge in [0.05, 0.1) is 18.8 Å². The zero-order valence-corrected chi connectivity index (χ0v) is 16.1. The SMILES string of the molecule is COC(=O)c1sc(NC(=O)[C@@H](N)CC(C)C)nc1C(C)(C)C.Cl. The molecule has 0 aliphatic rings. The molecule has 132 valence electrons. The Morgan fingerprint density at radius 2 is 1.91 bits per heavy atom. The summed E-state index contributed by atoms with van der Waals surface area (Å²) in [4.78, 5) is 28.7. The third kappa shape index (κ3) is 6.08. The lowest BCUT2D eigenvalue weighted by atomic mass is 9.91. The number of carbonyl (C=O) groups is 2. The maximum atomic E-state index is 12.1. The summed E-state index contributed by atoms with van der Waals surface area (Å²) in [6, 6.07) is -0.594. The van der Waals surface area contributed by atoms with E-state index in [-0.39, 0.29) is 23.7 Å². The van der Waals surface area contributed by atoms with Crippen molar-refractivity contribution in [3.05, 3.63) is 10.6 Å². The van der Waals surface area contributed by atoms with Crippen LogP contribution in [0.5, 0.6) is 0 Å². The molecule has 0 aliphatic heterocycles. The molecule has 0 spiro atoms. The summed E-state index contributed by atoms with van der Waals surface area (Å²) in [5.74, 6) is -0.415. The van der Waals surface area contributed by atoms with E-state index in [0.29, 0.717) is 28.0 Å². The predicted molar refractivity (Wildman–Crippen MR) is 95.5 cm³/mol. The van der Waals surface area contributed by atoms with E-state index in [1.165, 1.54) is 7.11 Å². The van der Waals surface area contributed by atoms with Crippen LogP contribution in [0.1, 0.15) is 56.4 Å². The summed E-state index contributed by atoms with van der Waals surface area (Å²) in [5, 5.41) is 3.06. The Kier molecular flexibility index (Phi) is 8.17. The fourth-order valence-corrected chi connectivity index (χ4v) is 3.02. The van der Waals surface area contributed by atoms with Crippen LogP contribution in [0.15, 0.2) is 0 Å². The molecule has 1 aromatic rings. The van der Waals surface area contributed by atoms with Gasteiger partial charge in [-0.1, -0.05) is 46.0 Å². The van der Waals surface area contributed by atoms with Crippen molar-refractivity contribution in [1.29, 1.82) is 0 Å². The molecule has 0 saturated carbocycles. The van der Waals surface area contributed by atoms with E-state index >= 15 is 0 Å². The van der Waals surface area contributed by atoms with Gasteiger partial charge >= 0.3 is 5.97 Å². The highest BCUT2D eigenvalue weighted by atomic mass is 35.5. The minimum atomic E-state index is -0.594. The molecule has 0 aromatic carbocycles. The Morgan fingerprint density at radius 1 is 1.35 bits per heavy atom. The number of nitrogens with zero attached hydrogens (tertiary/aromatic N) is 1. The molecule has 0 aliphatic carbocycles. The maximum absolute atomic E-state index is 12.1. The number of methoxy groups -OCH3 is 1. The molecule has 3 N–H and O–H groups in total. The van der Waals surface area contributed by atoms with Gasteiger partial charge in [-0.05, 0) is 12.3 Å². The quantitative estimate of drug-likeness (QED) is 0.784. The Balaban J connectivity index is 0.00000484. The molecular weight excluding hydrogens is 338 g/mol. The summed E-state index contributed by atoms with van der Waals surface area (Å²) in [7, 11) is 1.32. The first-order valence-electron chi connectivity index (χ1n) is 7.22. The number of amides is 1. The third-order valence-electron chi connectivity index (χ3n) is 3.00. The van der Waals surface area contributed by atoms with Crippen LogP contribution >= 0.6 is 23.7 Å². The topological polar surface area (TPSA) is 94.3 Å². The Morgan fingerprint density at radius 3 is 2.35 bits per heavy atom. The maximum Gasteiger partial charge on any atom is 0.350 e. The third-order valence-corrected chi connectivity index (χ3v) is 3.95. The molecule has 1 aromatic heterocycles. The van der Waals surface area contributed by atoms with Gasteiger partial charge in [0.1, 0.15) is 4.88 Å². The molecule has 1 atom stereocenters. The number of anilines is 1. The summed E-state index contributed by atoms with van der Waals surface area (Å²) >= 11 is 1.11. The molecule has 1 heterocycles. The lowest BCUT2D eigenvalue weighted by molar-refractivity contribution is -0.117. The first-order chi connectivity index (χ1) is 10.1. The van der Waals surface area contributed by atoms with Gasteiger partial charge in [-0.15, -0.1) is 12.4 Å². The summed E-state index contributed by atoms with van der Waals surface area (Å²) in [6.45, 7) is 9.85. The van der Waals surface area contributed by atoms with Gasteiger partial charge in [0, 0.05) is 5.41 Å². The highest BCUT2D eigenvalue weighted by molar-refractivity contribution is 7.17. The number of hydrogen-bond acceptors (Lipinski definition) is 6. The van der Waals surface area contributed by atoms with E-state index in [1.807, 2.05) is 34.6 Å². The van der Waals surface area contributed by atoms with Crippen LogP contribution in [0.2, 0.25) is 0 Å². The van der Waals surface area contributed by atoms with Crippen molar-refractivity contribution in [2.45, 2.75) is 52.5 Å². The van der Waals surface area contributed by atoms with Crippen LogP contribution in [-0.4, -0.2) is 30.0 Å². The van der Waals surface area contributed by atoms with Crippen molar-refractivity contribution < 1.29 is 14.3 Å². The van der Waals surface area contributed by atoms with Crippen molar-refractivity contribution in [3.8, 4) is 0 Å². The average Bonchev–Trinajstić information content (AvgIpc) is 2.80. The van der Waals surface area contributed by atoms with E-state index in [9.17, 15) is 9.59 Å². The van der Waals surface area contributed by atoms with Crippen LogP contribution < -0.4 is 11.1 Å². The largest absolute Gasteiger partial charge is 0.465 e. The molecule has 0 unspecified atom stereocenters. The van der Waals surface area contributed by atoms with Gasteiger partial charge in [0.25, 0.3) is 0 Å². The molecule has 0 radical (unpaired) electrons. The van der Waals surface area contributed by atoms with Crippen LogP contribution in [0.3, 0.4) is 0 Å². The standard InChI is InChI=1S/C15H25N3O3S.ClH/c1-8(2)7-9(16)12(19)18-14-17-11(15(3,4)5)10(22-14)13(20)21-6;/h8-9H,7,16H2,1-6H3,(H,17,18,19);1H/t9-;/m0./s1. The average molecular weight is 364 g/mol. The van der Waals surface area contributed by atoms with Crippen LogP contribution in [0.25, 0.3) is 0 Å². The number of thiazole rings is 1. The zero-order valence-electron chi connectivity index (χ0n) is 14.4. The predicted octanol–water partition coefficient (Wildman–Crippen LogP) is 2.96. The van der Waals surface area contributed by atoms with Gasteiger partial charge in [-0.2, -0.15) is 0 Å². The normalized spacial score (nSPS) is 12.5. The first-order valence-corrected chi connectivity index (χ1v) is 8.04. The summed E-state index contributed by atoms with van der Waals surface area (Å²) in [6.07, 6.45) is 0.590. The fraction of sp³-hybridized carbons (Fsp3) is 0.667. The second-order valence-electron chi connectivity index (χ2n) is 6.66. The minimum Gasteiger partial charge on any atom is -0.465 e. The molecule has 6 nitrogen and oxygen atoms in total. The molecule has 0 bridgehead atoms. The second-order valence-corrected chi connectivity index (χ2v) is 7.66. The molecule has 0 fully saturated rings. The Bertz CT molecular complexity index is 553. The van der Waals surface area contributed by atoms with Gasteiger partial charge in [0.2, 0.25) is 5.91 Å². The number of esters is 1. The lowest BCUT2D eigenvalue weighted by Crippen LogP contribution is -2.36. The van der Waals surface area contributed by atoms with Gasteiger partial charge in [0.15, 0.2) is 5.13 Å². The van der Waals surface area contributed by atoms with E-state index in [1.54, 1.807) is 0 Å². The number of carbonyl (C=O) groups excluding carboxylic acids is 2. The lowest BCUT2D eigenvalue weighted by Gasteiger charge is -2.16. The number of nitrogens with one attached hydrogen (secondary N) is 1. The van der Waals surface area contributed by atoms with E-state index in [0.717, 1.165) is 11.3 Å². The van der Waals surface area contributed by atoms with E-state index in [4.69, 9.17) is 10.5 Å². The number of aromatic nitrogens is 1. The highest BCUT2D eigenvalue weighted by Crippen LogP contribution is 2.32. The number of halogens is 1. The Hall–Kier alpha value is -1.18. The van der Waals surface area contributed by atoms with Gasteiger partial charge in [-0.3, -0.25) is 4.79 Å². The first kappa shape index (κ1) is 21.8. The van der Waals surface area contributed by atoms with E-state index < -0.39 is 12.0 Å². The smallest absolute Gasteiger partial charge is 0.350 e. The molecule has 8 heteroatoms. The Labute approximate surface area is 147 Å². The zero-order chi connectivity index (χ0) is 17.1. The fourth-order valence-electron chi connectivity index (χ4n) is 1.93. The van der Waals surface area contributed by atoms with Crippen molar-refractivity contribution >= 4 is 40.8 Å². The summed E-state index contributed by atoms with van der Waals surface area (Å²) in [5.41, 5.74) is 6.13. The molecule has 0 saturated heterocycles. The molecule has 1 rings (SSSR count). The number of nitrogens with two attached hydrogens (primary N) is 1. The number of rotatable bonds is 5. The van der Waals surface area contributed by atoms with Crippen molar-refractivity contribution in [3.63, 3.8) is 0 Å². The van der Waals surface area contributed by atoms with Crippen molar-refractivity contribution in [2.24, 2.45) is 11.7 Å². The summed E-state index contributed by atoms with van der Waals surface area (Å²) < 4.78 is 4.78. The monoisotopic (exact) mass is 363 g/mol. The number of hydrogen-bond donors (Lipinski definition) is 2. The van der Waals surface area contributed by atoms with Crippen molar-refractivity contribution in [2.75, 3.05) is 12.4 Å². The van der Waals surface area contributed by atoms with E-state index in [2.05, 4.69) is 10.3 Å². The van der Waals surface area contributed by atoms with Crippen molar-refractivity contribution in [1.82, 2.24) is 4.98 Å². The number of ether oxygens (including phenoxy) is 1.